The Morgan fingerprint density at radius 1 is 0.816 bits per heavy atom. The van der Waals surface area contributed by atoms with Gasteiger partial charge in [0.2, 0.25) is 0 Å². The van der Waals surface area contributed by atoms with E-state index in [2.05, 4.69) is 5.32 Å². The summed E-state index contributed by atoms with van der Waals surface area (Å²) in [7, 11) is -4.31. The molecular weight excluding hydrogens is 665 g/mol. The number of halogens is 4. The zero-order valence-electron chi connectivity index (χ0n) is 30.5. The van der Waals surface area contributed by atoms with E-state index in [1.807, 2.05) is 31.2 Å². The highest BCUT2D eigenvalue weighted by Gasteiger charge is 2.42. The van der Waals surface area contributed by atoms with Crippen molar-refractivity contribution in [3.05, 3.63) is 64.7 Å². The summed E-state index contributed by atoms with van der Waals surface area (Å²) in [5, 5.41) is 2.66. The van der Waals surface area contributed by atoms with Crippen LogP contribution in [0.3, 0.4) is 0 Å². The van der Waals surface area contributed by atoms with E-state index in [0.717, 1.165) is 17.2 Å². The molecule has 1 atom stereocenters. The number of amides is 1. The number of benzene rings is 2. The van der Waals surface area contributed by atoms with Crippen LogP contribution in [0, 0.1) is 6.92 Å². The summed E-state index contributed by atoms with van der Waals surface area (Å²) in [5.41, 5.74) is -2.95. The minimum atomic E-state index is -4.71. The van der Waals surface area contributed by atoms with Gasteiger partial charge in [-0.05, 0) is 118 Å². The Balaban J connectivity index is 2.36. The molecule has 0 radical (unpaired) electrons. The lowest BCUT2D eigenvalue weighted by molar-refractivity contribution is -0.139. The smallest absolute Gasteiger partial charge is 0.475 e. The number of carbonyl (C=O) groups excluding carboxylic acids is 1. The molecule has 0 fully saturated rings. The first kappa shape index (κ1) is 42.5. The van der Waals surface area contributed by atoms with Gasteiger partial charge in [0.25, 0.3) is 0 Å². The lowest BCUT2D eigenvalue weighted by Crippen LogP contribution is -2.54. The molecule has 0 aliphatic rings. The Bertz CT molecular complexity index is 1390. The van der Waals surface area contributed by atoms with Crippen molar-refractivity contribution in [2.24, 2.45) is 0 Å². The number of aryl methyl sites for hydroxylation is 3. The van der Waals surface area contributed by atoms with Gasteiger partial charge in [-0.15, -0.1) is 0 Å². The van der Waals surface area contributed by atoms with Crippen LogP contribution < -0.4 is 10.1 Å². The van der Waals surface area contributed by atoms with Crippen LogP contribution in [-0.2, 0) is 41.9 Å². The Kier molecular flexibility index (Phi) is 14.8. The number of phosphoric ester groups is 1. The molecule has 0 spiro atoms. The summed E-state index contributed by atoms with van der Waals surface area (Å²) in [6.45, 7) is 15.4. The van der Waals surface area contributed by atoms with Crippen LogP contribution in [-0.4, -0.2) is 48.3 Å². The first-order valence-electron chi connectivity index (χ1n) is 16.4. The number of phosphoric acid groups is 1. The molecule has 2 aromatic carbocycles. The molecule has 0 bridgehead atoms. The largest absolute Gasteiger partial charge is 0.493 e. The van der Waals surface area contributed by atoms with Crippen LogP contribution >= 0.6 is 7.82 Å². The standard InChI is InChI=1S/C36H54F4NO7P/c1-26-13-11-14-27(23-26)15-12-22-44-30-17-16-28(24-29(30)36(38,39)40)18-19-35(20-21-37,41-31(42)46-32(2,3)4)25-45-49(43,47-33(5,6)7)48-34(8,9)10/h11,13-14,16-17,23-24H,12,15,18-22,25H2,1-10H3,(H,41,42). The molecule has 0 heterocycles. The van der Waals surface area contributed by atoms with Crippen molar-refractivity contribution in [3.8, 4) is 5.75 Å². The summed E-state index contributed by atoms with van der Waals surface area (Å²) in [6.07, 6.45) is -4.91. The van der Waals surface area contributed by atoms with Gasteiger partial charge in [-0.3, -0.25) is 18.0 Å². The van der Waals surface area contributed by atoms with Gasteiger partial charge >= 0.3 is 20.1 Å². The monoisotopic (exact) mass is 719 g/mol. The fraction of sp³-hybridized carbons (Fsp3) is 0.639. The fourth-order valence-corrected chi connectivity index (χ4v) is 6.76. The normalized spacial score (nSPS) is 14.3. The highest BCUT2D eigenvalue weighted by Crippen LogP contribution is 2.56. The molecule has 13 heteroatoms. The van der Waals surface area contributed by atoms with Crippen molar-refractivity contribution in [3.63, 3.8) is 0 Å². The summed E-state index contributed by atoms with van der Waals surface area (Å²) in [5.74, 6) is -0.301. The molecule has 2 rings (SSSR count). The Morgan fingerprint density at radius 2 is 1.43 bits per heavy atom. The number of hydrogen-bond acceptors (Lipinski definition) is 7. The minimum Gasteiger partial charge on any atom is -0.493 e. The van der Waals surface area contributed by atoms with E-state index in [1.54, 1.807) is 62.3 Å². The van der Waals surface area contributed by atoms with E-state index in [-0.39, 0.29) is 37.2 Å². The number of ether oxygens (including phenoxy) is 2. The maximum absolute atomic E-state index is 14.2. The third-order valence-corrected chi connectivity index (χ3v) is 8.79. The number of alkyl halides is 4. The molecule has 0 aliphatic heterocycles. The van der Waals surface area contributed by atoms with E-state index in [4.69, 9.17) is 23.0 Å². The molecule has 0 saturated heterocycles. The third-order valence-electron chi connectivity index (χ3n) is 6.80. The quantitative estimate of drug-likeness (QED) is 0.105. The molecule has 8 nitrogen and oxygen atoms in total. The van der Waals surface area contributed by atoms with Crippen LogP contribution in [0.2, 0.25) is 0 Å². The van der Waals surface area contributed by atoms with Crippen LogP contribution in [0.1, 0.15) is 104 Å². The second-order valence-electron chi connectivity index (χ2n) is 15.2. The van der Waals surface area contributed by atoms with Gasteiger partial charge in [0.05, 0.1) is 42.2 Å². The van der Waals surface area contributed by atoms with E-state index >= 15 is 0 Å². The summed E-state index contributed by atoms with van der Waals surface area (Å²) >= 11 is 0. The second-order valence-corrected chi connectivity index (χ2v) is 16.8. The minimum absolute atomic E-state index is 0.0412. The van der Waals surface area contributed by atoms with E-state index in [0.29, 0.717) is 12.8 Å². The Hall–Kier alpha value is -2.66. The van der Waals surface area contributed by atoms with Crippen molar-refractivity contribution in [2.45, 2.75) is 130 Å². The SMILES string of the molecule is Cc1cccc(CCCOc2ccc(CCC(CCF)(COP(=O)(OC(C)(C)C)OC(C)(C)C)NC(=O)OC(C)(C)C)cc2C(F)(F)F)c1. The molecule has 49 heavy (non-hydrogen) atoms. The third kappa shape index (κ3) is 16.3. The van der Waals surface area contributed by atoms with Crippen molar-refractivity contribution in [1.29, 1.82) is 0 Å². The zero-order chi connectivity index (χ0) is 37.3. The molecule has 278 valence electrons. The van der Waals surface area contributed by atoms with Gasteiger partial charge < -0.3 is 14.8 Å². The summed E-state index contributed by atoms with van der Waals surface area (Å²) in [4.78, 5) is 13.0. The molecule has 0 saturated carbocycles. The van der Waals surface area contributed by atoms with Crippen LogP contribution in [0.25, 0.3) is 0 Å². The van der Waals surface area contributed by atoms with Crippen LogP contribution in [0.4, 0.5) is 22.4 Å². The van der Waals surface area contributed by atoms with Gasteiger partial charge in [-0.2, -0.15) is 13.2 Å². The number of alkyl carbamates (subject to hydrolysis) is 1. The number of hydrogen-bond donors (Lipinski definition) is 1. The summed E-state index contributed by atoms with van der Waals surface area (Å²) < 4.78 is 98.8. The topological polar surface area (TPSA) is 92.3 Å². The van der Waals surface area contributed by atoms with Gasteiger partial charge in [0, 0.05) is 6.42 Å². The molecule has 0 aliphatic carbocycles. The average molecular weight is 720 g/mol. The maximum atomic E-state index is 14.2. The second kappa shape index (κ2) is 17.0. The Labute approximate surface area is 289 Å². The van der Waals surface area contributed by atoms with E-state index in [9.17, 15) is 26.9 Å². The fourth-order valence-electron chi connectivity index (χ4n) is 4.87. The number of nitrogens with one attached hydrogen (secondary N) is 1. The van der Waals surface area contributed by atoms with Gasteiger partial charge in [-0.1, -0.05) is 35.9 Å². The molecular formula is C36H54F4NO7P. The highest BCUT2D eigenvalue weighted by molar-refractivity contribution is 7.48. The zero-order valence-corrected chi connectivity index (χ0v) is 31.4. The molecule has 0 aromatic heterocycles. The maximum Gasteiger partial charge on any atom is 0.475 e. The molecule has 2 aromatic rings. The van der Waals surface area contributed by atoms with E-state index in [1.165, 1.54) is 12.1 Å². The first-order chi connectivity index (χ1) is 22.3. The predicted octanol–water partition coefficient (Wildman–Crippen LogP) is 10.3. The number of rotatable bonds is 16. The molecule has 1 amide bonds. The Morgan fingerprint density at radius 3 is 1.96 bits per heavy atom. The molecule has 1 N–H and O–H groups in total. The van der Waals surface area contributed by atoms with Gasteiger partial charge in [0.15, 0.2) is 0 Å². The lowest BCUT2D eigenvalue weighted by Gasteiger charge is -2.37. The highest BCUT2D eigenvalue weighted by atomic mass is 31.2. The average Bonchev–Trinajstić information content (AvgIpc) is 2.90. The van der Waals surface area contributed by atoms with Crippen molar-refractivity contribution >= 4 is 13.9 Å². The van der Waals surface area contributed by atoms with Crippen molar-refractivity contribution in [2.75, 3.05) is 19.9 Å². The first-order valence-corrected chi connectivity index (χ1v) is 17.9. The molecule has 1 unspecified atom stereocenters. The van der Waals surface area contributed by atoms with Crippen LogP contribution in [0.15, 0.2) is 42.5 Å². The lowest BCUT2D eigenvalue weighted by atomic mass is 9.88. The number of carbonyl (C=O) groups is 1. The van der Waals surface area contributed by atoms with Gasteiger partial charge in [-0.25, -0.2) is 9.36 Å². The van der Waals surface area contributed by atoms with Crippen LogP contribution in [0.5, 0.6) is 5.75 Å². The van der Waals surface area contributed by atoms with Crippen molar-refractivity contribution < 1.29 is 50.0 Å². The predicted molar refractivity (Wildman–Crippen MR) is 183 cm³/mol. The van der Waals surface area contributed by atoms with Crippen molar-refractivity contribution in [1.82, 2.24) is 5.32 Å². The van der Waals surface area contributed by atoms with E-state index < -0.39 is 61.3 Å². The van der Waals surface area contributed by atoms with Gasteiger partial charge in [0.1, 0.15) is 11.4 Å². The summed E-state index contributed by atoms with van der Waals surface area (Å²) in [6, 6.07) is 11.6.